The van der Waals surface area contributed by atoms with Crippen molar-refractivity contribution < 1.29 is 23.0 Å². The second-order valence-electron chi connectivity index (χ2n) is 2.86. The van der Waals surface area contributed by atoms with Crippen molar-refractivity contribution in [1.29, 1.82) is 0 Å². The number of hydrogen-bond donors (Lipinski definition) is 0. The second kappa shape index (κ2) is 3.68. The molecule has 0 saturated carbocycles. The maximum absolute atomic E-state index is 13.1. The van der Waals surface area contributed by atoms with Crippen LogP contribution in [0.4, 0.5) is 8.78 Å². The monoisotopic (exact) mass is 212 g/mol. The Balaban J connectivity index is 2.11. The number of esters is 1. The molecule has 0 bridgehead atoms. The van der Waals surface area contributed by atoms with E-state index in [0.29, 0.717) is 6.07 Å². The van der Waals surface area contributed by atoms with Gasteiger partial charge in [0.1, 0.15) is 5.82 Å². The van der Waals surface area contributed by atoms with Crippen LogP contribution in [0.2, 0.25) is 0 Å². The van der Waals surface area contributed by atoms with E-state index >= 15 is 0 Å². The van der Waals surface area contributed by atoms with Gasteiger partial charge in [-0.05, 0) is 12.1 Å². The summed E-state index contributed by atoms with van der Waals surface area (Å²) in [6, 6.07) is 2.87. The molecule has 0 fully saturated rings. The van der Waals surface area contributed by atoms with Gasteiger partial charge in [-0.1, -0.05) is 0 Å². The van der Waals surface area contributed by atoms with Crippen LogP contribution >= 0.6 is 0 Å². The molecular weight excluding hydrogens is 206 g/mol. The Bertz CT molecular complexity index is 429. The number of benzene rings is 1. The summed E-state index contributed by atoms with van der Waals surface area (Å²) in [7, 11) is 0. The number of halogens is 2. The molecule has 0 radical (unpaired) electrons. The maximum Gasteiger partial charge on any atom is 0.334 e. The van der Waals surface area contributed by atoms with Crippen LogP contribution in [0.25, 0.3) is 0 Å². The topological polar surface area (TPSA) is 35.5 Å². The average Bonchev–Trinajstić information content (AvgIpc) is 2.56. The van der Waals surface area contributed by atoms with Gasteiger partial charge in [-0.15, -0.1) is 0 Å². The van der Waals surface area contributed by atoms with Crippen molar-refractivity contribution in [2.75, 3.05) is 0 Å². The molecule has 1 heterocycles. The Morgan fingerprint density at radius 3 is 2.73 bits per heavy atom. The van der Waals surface area contributed by atoms with Crippen molar-refractivity contribution in [1.82, 2.24) is 0 Å². The van der Waals surface area contributed by atoms with Gasteiger partial charge in [0.2, 0.25) is 0 Å². The predicted octanol–water partition coefficient (Wildman–Crippen LogP) is 1.78. The fourth-order valence-electron chi connectivity index (χ4n) is 1.11. The predicted molar refractivity (Wildman–Crippen MR) is 46.0 cm³/mol. The van der Waals surface area contributed by atoms with E-state index < -0.39 is 23.9 Å². The molecule has 0 aromatic heterocycles. The molecule has 0 amide bonds. The Kier molecular flexibility index (Phi) is 2.37. The number of rotatable bonds is 2. The van der Waals surface area contributed by atoms with E-state index in [1.807, 2.05) is 0 Å². The maximum atomic E-state index is 13.1. The third-order valence-electron chi connectivity index (χ3n) is 1.76. The molecule has 1 aliphatic heterocycles. The summed E-state index contributed by atoms with van der Waals surface area (Å²) >= 11 is 0. The van der Waals surface area contributed by atoms with Crippen LogP contribution in [0.5, 0.6) is 5.75 Å². The summed E-state index contributed by atoms with van der Waals surface area (Å²) in [5, 5.41) is 0. The lowest BCUT2D eigenvalue weighted by molar-refractivity contribution is -0.148. The van der Waals surface area contributed by atoms with Gasteiger partial charge in [-0.25, -0.2) is 13.6 Å². The van der Waals surface area contributed by atoms with Crippen LogP contribution in [0, 0.1) is 11.6 Å². The number of ether oxygens (including phenoxy) is 2. The van der Waals surface area contributed by atoms with Crippen LogP contribution < -0.4 is 4.74 Å². The van der Waals surface area contributed by atoms with Gasteiger partial charge in [0.25, 0.3) is 6.29 Å². The zero-order chi connectivity index (χ0) is 10.8. The van der Waals surface area contributed by atoms with Crippen LogP contribution in [0.3, 0.4) is 0 Å². The molecule has 0 saturated heterocycles. The van der Waals surface area contributed by atoms with Gasteiger partial charge in [0, 0.05) is 18.2 Å². The van der Waals surface area contributed by atoms with Crippen molar-refractivity contribution in [3.8, 4) is 5.75 Å². The summed E-state index contributed by atoms with van der Waals surface area (Å²) in [4.78, 5) is 10.6. The minimum Gasteiger partial charge on any atom is -0.448 e. The van der Waals surface area contributed by atoms with E-state index in [0.717, 1.165) is 12.1 Å². The van der Waals surface area contributed by atoms with E-state index in [2.05, 4.69) is 4.74 Å². The van der Waals surface area contributed by atoms with Gasteiger partial charge in [0.05, 0.1) is 0 Å². The first-order valence-electron chi connectivity index (χ1n) is 4.16. The highest BCUT2D eigenvalue weighted by molar-refractivity contribution is 5.84. The lowest BCUT2D eigenvalue weighted by Gasteiger charge is -2.11. The van der Waals surface area contributed by atoms with Crippen LogP contribution in [-0.2, 0) is 9.53 Å². The van der Waals surface area contributed by atoms with Crippen LogP contribution in [-0.4, -0.2) is 12.3 Å². The van der Waals surface area contributed by atoms with Gasteiger partial charge >= 0.3 is 5.97 Å². The van der Waals surface area contributed by atoms with E-state index in [-0.39, 0.29) is 5.75 Å². The molecule has 0 N–H and O–H groups in total. The smallest absolute Gasteiger partial charge is 0.334 e. The first-order chi connectivity index (χ1) is 7.15. The lowest BCUT2D eigenvalue weighted by Crippen LogP contribution is -2.16. The molecule has 78 valence electrons. The first-order valence-corrected chi connectivity index (χ1v) is 4.16. The molecule has 5 heteroatoms. The molecule has 1 aromatic carbocycles. The fraction of sp³-hybridized carbons (Fsp3) is 0.100. The Hall–Kier alpha value is -1.91. The third-order valence-corrected chi connectivity index (χ3v) is 1.76. The van der Waals surface area contributed by atoms with Crippen molar-refractivity contribution in [3.05, 3.63) is 42.0 Å². The summed E-state index contributed by atoms with van der Waals surface area (Å²) in [6.45, 7) is 0. The van der Waals surface area contributed by atoms with Crippen LogP contribution in [0.15, 0.2) is 30.4 Å². The van der Waals surface area contributed by atoms with Crippen molar-refractivity contribution in [2.24, 2.45) is 0 Å². The van der Waals surface area contributed by atoms with Crippen molar-refractivity contribution in [2.45, 2.75) is 6.29 Å². The van der Waals surface area contributed by atoms with Crippen LogP contribution in [0.1, 0.15) is 0 Å². The number of hydrogen-bond acceptors (Lipinski definition) is 3. The lowest BCUT2D eigenvalue weighted by atomic mass is 10.3. The standard InChI is InChI=1S/C10H6F2O3/c11-6-1-2-8(7(12)5-6)14-10-4-3-9(13)15-10/h1-5,10H. The van der Waals surface area contributed by atoms with E-state index in [4.69, 9.17) is 4.74 Å². The van der Waals surface area contributed by atoms with Crippen molar-refractivity contribution in [3.63, 3.8) is 0 Å². The Morgan fingerprint density at radius 2 is 2.13 bits per heavy atom. The normalized spacial score (nSPS) is 19.1. The molecule has 3 nitrogen and oxygen atoms in total. The average molecular weight is 212 g/mol. The zero-order valence-electron chi connectivity index (χ0n) is 7.44. The molecule has 1 unspecified atom stereocenters. The van der Waals surface area contributed by atoms with E-state index in [9.17, 15) is 13.6 Å². The molecule has 1 aromatic rings. The second-order valence-corrected chi connectivity index (χ2v) is 2.86. The summed E-state index contributed by atoms with van der Waals surface area (Å²) in [5.74, 6) is -2.26. The van der Waals surface area contributed by atoms with E-state index in [1.165, 1.54) is 12.2 Å². The highest BCUT2D eigenvalue weighted by Gasteiger charge is 2.19. The number of carbonyl (C=O) groups excluding carboxylic acids is 1. The van der Waals surface area contributed by atoms with Gasteiger partial charge < -0.3 is 9.47 Å². The first kappa shape index (κ1) is 9.64. The highest BCUT2D eigenvalue weighted by Crippen LogP contribution is 2.20. The Labute approximate surface area is 83.9 Å². The van der Waals surface area contributed by atoms with Crippen molar-refractivity contribution >= 4 is 5.97 Å². The molecule has 15 heavy (non-hydrogen) atoms. The molecule has 0 aliphatic carbocycles. The summed E-state index contributed by atoms with van der Waals surface area (Å²) < 4.78 is 35.2. The molecule has 1 atom stereocenters. The highest BCUT2D eigenvalue weighted by atomic mass is 19.1. The van der Waals surface area contributed by atoms with Gasteiger partial charge in [-0.2, -0.15) is 0 Å². The van der Waals surface area contributed by atoms with Gasteiger partial charge in [-0.3, -0.25) is 0 Å². The SMILES string of the molecule is O=C1C=CC(Oc2ccc(F)cc2F)O1. The molecule has 2 rings (SSSR count). The quantitative estimate of drug-likeness (QED) is 0.701. The fourth-order valence-corrected chi connectivity index (χ4v) is 1.11. The summed E-state index contributed by atoms with van der Waals surface area (Å²) in [6.07, 6.45) is 1.56. The minimum absolute atomic E-state index is 0.166. The Morgan fingerprint density at radius 1 is 1.33 bits per heavy atom. The minimum atomic E-state index is -0.947. The number of cyclic esters (lactones) is 1. The number of carbonyl (C=O) groups is 1. The molecular formula is C10H6F2O3. The molecule has 1 aliphatic rings. The zero-order valence-corrected chi connectivity index (χ0v) is 7.44. The van der Waals surface area contributed by atoms with E-state index in [1.54, 1.807) is 0 Å². The summed E-state index contributed by atoms with van der Waals surface area (Å²) in [5.41, 5.74) is 0. The largest absolute Gasteiger partial charge is 0.448 e. The third kappa shape index (κ3) is 2.12. The molecule has 0 spiro atoms. The van der Waals surface area contributed by atoms with Gasteiger partial charge in [0.15, 0.2) is 11.6 Å².